The van der Waals surface area contributed by atoms with Gasteiger partial charge in [-0.25, -0.2) is 4.79 Å². The Balaban J connectivity index is 1.16. The number of esters is 2. The van der Waals surface area contributed by atoms with Crippen LogP contribution in [0, 0.1) is 11.8 Å². The topological polar surface area (TPSA) is 253 Å². The molecule has 5 aliphatic rings. The van der Waals surface area contributed by atoms with Crippen molar-refractivity contribution in [1.82, 2.24) is 0 Å². The van der Waals surface area contributed by atoms with E-state index < -0.39 is 122 Å². The van der Waals surface area contributed by atoms with Gasteiger partial charge < -0.3 is 73.6 Å². The van der Waals surface area contributed by atoms with Gasteiger partial charge in [-0.05, 0) is 36.8 Å². The van der Waals surface area contributed by atoms with Crippen LogP contribution in [-0.2, 0) is 47.5 Å². The van der Waals surface area contributed by atoms with E-state index >= 15 is 0 Å². The molecule has 1 aromatic carbocycles. The zero-order chi connectivity index (χ0) is 35.2. The van der Waals surface area contributed by atoms with Gasteiger partial charge in [0.05, 0.1) is 37.6 Å². The normalized spacial score (nSPS) is 44.1. The van der Waals surface area contributed by atoms with Crippen molar-refractivity contribution in [3.8, 4) is 5.75 Å². The summed E-state index contributed by atoms with van der Waals surface area (Å²) in [6.07, 6.45) is -11.8. The van der Waals surface area contributed by atoms with E-state index in [0.29, 0.717) is 5.56 Å². The minimum Gasteiger partial charge on any atom is -0.508 e. The lowest BCUT2D eigenvalue weighted by atomic mass is 9.85. The largest absolute Gasteiger partial charge is 0.508 e. The summed E-state index contributed by atoms with van der Waals surface area (Å²) in [6.45, 7) is 1.50. The molecule has 49 heavy (non-hydrogen) atoms. The Kier molecular flexibility index (Phi) is 10.3. The number of aliphatic hydroxyl groups excluding tert-OH is 6. The lowest BCUT2D eigenvalue weighted by Gasteiger charge is -2.44. The van der Waals surface area contributed by atoms with Gasteiger partial charge in [0, 0.05) is 18.9 Å². The first-order valence-corrected chi connectivity index (χ1v) is 15.8. The highest BCUT2D eigenvalue weighted by Gasteiger charge is 2.77. The zero-order valence-corrected chi connectivity index (χ0v) is 26.4. The fourth-order valence-electron chi connectivity index (χ4n) is 6.98. The molecule has 1 aromatic rings. The van der Waals surface area contributed by atoms with Crippen LogP contribution in [0.25, 0.3) is 6.08 Å². The predicted octanol–water partition coefficient (Wildman–Crippen LogP) is -2.20. The molecule has 0 aromatic heterocycles. The number of rotatable bonds is 10. The molecule has 1 saturated carbocycles. The van der Waals surface area contributed by atoms with E-state index in [9.17, 15) is 45.3 Å². The van der Waals surface area contributed by atoms with Crippen LogP contribution < -0.4 is 0 Å². The maximum atomic E-state index is 12.7. The first-order valence-electron chi connectivity index (χ1n) is 15.8. The molecule has 17 heteroatoms. The molecule has 3 saturated heterocycles. The number of phenols is 1. The van der Waals surface area contributed by atoms with Crippen LogP contribution in [0.4, 0.5) is 0 Å². The second kappa shape index (κ2) is 14.2. The number of aromatic hydroxyl groups is 1. The number of fused-ring (bicyclic) bond motifs is 3. The number of epoxide rings is 1. The van der Waals surface area contributed by atoms with Crippen LogP contribution in [0.2, 0.25) is 0 Å². The highest BCUT2D eigenvalue weighted by atomic mass is 16.8. The molecule has 4 fully saturated rings. The van der Waals surface area contributed by atoms with Crippen molar-refractivity contribution >= 4 is 18.0 Å². The number of ether oxygens (including phenoxy) is 8. The Bertz CT molecular complexity index is 1400. The predicted molar refractivity (Wildman–Crippen MR) is 158 cm³/mol. The molecule has 270 valence electrons. The fraction of sp³-hybridized carbons (Fsp3) is 0.625. The highest BCUT2D eigenvalue weighted by Crippen LogP contribution is 2.61. The van der Waals surface area contributed by atoms with Crippen LogP contribution in [0.3, 0.4) is 0 Å². The molecule has 17 nitrogen and oxygen atoms in total. The molecule has 4 heterocycles. The lowest BCUT2D eigenvalue weighted by Crippen LogP contribution is -2.61. The van der Waals surface area contributed by atoms with Crippen molar-refractivity contribution < 1.29 is 83.2 Å². The number of carbonyl (C=O) groups excluding carboxylic acids is 2. The second-order valence-electron chi connectivity index (χ2n) is 12.6. The van der Waals surface area contributed by atoms with E-state index in [-0.39, 0.29) is 5.75 Å². The minimum absolute atomic E-state index is 0.0559. The summed E-state index contributed by atoms with van der Waals surface area (Å²) in [7, 11) is 0. The van der Waals surface area contributed by atoms with E-state index in [0.717, 1.165) is 13.0 Å². The van der Waals surface area contributed by atoms with Gasteiger partial charge in [-0.15, -0.1) is 0 Å². The third-order valence-electron chi connectivity index (χ3n) is 9.50. The lowest BCUT2D eigenvalue weighted by molar-refractivity contribution is -0.347. The summed E-state index contributed by atoms with van der Waals surface area (Å²) in [4.78, 5) is 24.8. The number of benzene rings is 1. The van der Waals surface area contributed by atoms with Gasteiger partial charge in [-0.3, -0.25) is 4.79 Å². The Morgan fingerprint density at radius 3 is 2.27 bits per heavy atom. The van der Waals surface area contributed by atoms with Crippen molar-refractivity contribution in [2.24, 2.45) is 11.8 Å². The third-order valence-corrected chi connectivity index (χ3v) is 9.50. The first-order chi connectivity index (χ1) is 23.4. The molecule has 1 aliphatic carbocycles. The molecule has 4 aliphatic heterocycles. The average Bonchev–Trinajstić information content (AvgIpc) is 3.75. The van der Waals surface area contributed by atoms with E-state index in [4.69, 9.17) is 37.9 Å². The molecule has 0 radical (unpaired) electrons. The van der Waals surface area contributed by atoms with Crippen LogP contribution in [0.5, 0.6) is 5.75 Å². The number of hydrogen-bond acceptors (Lipinski definition) is 17. The Morgan fingerprint density at radius 1 is 0.878 bits per heavy atom. The van der Waals surface area contributed by atoms with Gasteiger partial charge in [0.1, 0.15) is 48.0 Å². The van der Waals surface area contributed by atoms with E-state index in [1.165, 1.54) is 24.5 Å². The van der Waals surface area contributed by atoms with Crippen molar-refractivity contribution in [3.63, 3.8) is 0 Å². The molecular weight excluding hydrogens is 656 g/mol. The summed E-state index contributed by atoms with van der Waals surface area (Å²) < 4.78 is 46.2. The van der Waals surface area contributed by atoms with Gasteiger partial charge >= 0.3 is 11.9 Å². The van der Waals surface area contributed by atoms with Gasteiger partial charge in [0.2, 0.25) is 6.29 Å². The maximum Gasteiger partial charge on any atom is 0.331 e. The second-order valence-corrected chi connectivity index (χ2v) is 12.6. The van der Waals surface area contributed by atoms with Crippen LogP contribution in [-0.4, -0.2) is 146 Å². The molecule has 16 atom stereocenters. The molecule has 7 N–H and O–H groups in total. The van der Waals surface area contributed by atoms with Crippen molar-refractivity contribution in [2.45, 2.75) is 99.4 Å². The monoisotopic (exact) mass is 696 g/mol. The Hall–Kier alpha value is -3.20. The van der Waals surface area contributed by atoms with Gasteiger partial charge in [-0.2, -0.15) is 0 Å². The SMILES string of the molecule is CC(=O)O[C@H]1[C@@H](O)[C@H](O[C@H]2[C@H]3C=CO[C@@H](O[C@@H]4O[C@H](CO)[C@@H](O)[C@H](O)[C@H]4O)[C@@H]3[C@@]3(CO)O[C@@H]23)O[C@@H](C)[C@@H]1OC(=O)/C=C/c1ccc(O)cc1. The van der Waals surface area contributed by atoms with Crippen LogP contribution in [0.15, 0.2) is 42.7 Å². The molecule has 0 unspecified atom stereocenters. The minimum atomic E-state index is -1.71. The summed E-state index contributed by atoms with van der Waals surface area (Å²) in [6, 6.07) is 6.06. The van der Waals surface area contributed by atoms with Crippen molar-refractivity contribution in [3.05, 3.63) is 48.2 Å². The van der Waals surface area contributed by atoms with E-state index in [2.05, 4.69) is 0 Å². The molecular formula is C32H40O17. The number of carbonyl (C=O) groups is 2. The Morgan fingerprint density at radius 2 is 1.59 bits per heavy atom. The summed E-state index contributed by atoms with van der Waals surface area (Å²) in [5.74, 6) is -2.88. The smallest absolute Gasteiger partial charge is 0.331 e. The van der Waals surface area contributed by atoms with Crippen molar-refractivity contribution in [1.29, 1.82) is 0 Å². The van der Waals surface area contributed by atoms with Gasteiger partial charge in [0.15, 0.2) is 24.8 Å². The summed E-state index contributed by atoms with van der Waals surface area (Å²) in [5.41, 5.74) is -0.645. The Labute approximate surface area is 279 Å². The number of phenolic OH excluding ortho intramolecular Hbond substituents is 1. The first kappa shape index (κ1) is 35.6. The van der Waals surface area contributed by atoms with Crippen LogP contribution >= 0.6 is 0 Å². The van der Waals surface area contributed by atoms with Crippen molar-refractivity contribution in [2.75, 3.05) is 13.2 Å². The summed E-state index contributed by atoms with van der Waals surface area (Å²) >= 11 is 0. The van der Waals surface area contributed by atoms with E-state index in [1.54, 1.807) is 25.1 Å². The molecule has 0 spiro atoms. The quantitative estimate of drug-likeness (QED) is 0.0779. The maximum absolute atomic E-state index is 12.7. The molecule has 0 amide bonds. The average molecular weight is 697 g/mol. The van der Waals surface area contributed by atoms with E-state index in [1.807, 2.05) is 0 Å². The van der Waals surface area contributed by atoms with Gasteiger partial charge in [-0.1, -0.05) is 12.1 Å². The molecule has 6 rings (SSSR count). The standard InChI is InChI=1S/C32H40O17/c1-13-25(46-19(37)8-5-15-3-6-16(36)7-4-15)27(44-14(2)35)24(41)31(43-13)47-26-17-9-10-42-29(20(17)32(12-34)28(26)49-32)48-30-23(40)22(39)21(38)18(11-33)45-30/h3-10,13,17-18,20-31,33-34,36,38-41H,11-12H2,1-2H3/b8-5+/t13-,17-,18+,20+,21+,22-,23+,24+,25-,26-,27-,28-,29-,30-,31-,32+/m0/s1. The van der Waals surface area contributed by atoms with Gasteiger partial charge in [0.25, 0.3) is 0 Å². The summed E-state index contributed by atoms with van der Waals surface area (Å²) in [5, 5.41) is 71.7. The molecule has 0 bridgehead atoms. The number of aliphatic hydroxyl groups is 6. The number of hydrogen-bond donors (Lipinski definition) is 7. The highest BCUT2D eigenvalue weighted by molar-refractivity contribution is 5.87. The fourth-order valence-corrected chi connectivity index (χ4v) is 6.98. The van der Waals surface area contributed by atoms with Crippen LogP contribution in [0.1, 0.15) is 19.4 Å². The zero-order valence-electron chi connectivity index (χ0n) is 26.4. The third kappa shape index (κ3) is 6.81.